The van der Waals surface area contributed by atoms with E-state index in [-0.39, 0.29) is 10.7 Å². The Morgan fingerprint density at radius 3 is 2.23 bits per heavy atom. The fourth-order valence-electron chi connectivity index (χ4n) is 3.75. The molecule has 8 nitrogen and oxygen atoms in total. The monoisotopic (exact) mass is 565 g/mol. The molecule has 0 saturated carbocycles. The first-order valence-corrected chi connectivity index (χ1v) is 13.0. The normalized spacial score (nSPS) is 13.1. The summed E-state index contributed by atoms with van der Waals surface area (Å²) in [7, 11) is 0. The summed E-state index contributed by atoms with van der Waals surface area (Å²) >= 11 is 12.2. The number of carbonyl (C=O) groups excluding carboxylic acids is 4. The highest BCUT2D eigenvalue weighted by Gasteiger charge is 2.39. The van der Waals surface area contributed by atoms with Crippen LogP contribution in [0.4, 0.5) is 17.1 Å². The maximum absolute atomic E-state index is 13.1. The van der Waals surface area contributed by atoms with Gasteiger partial charge in [-0.25, -0.2) is 9.69 Å². The minimum Gasteiger partial charge on any atom is -0.462 e. The van der Waals surface area contributed by atoms with Crippen molar-refractivity contribution in [2.45, 2.75) is 26.7 Å². The summed E-state index contributed by atoms with van der Waals surface area (Å²) in [4.78, 5) is 51.8. The van der Waals surface area contributed by atoms with E-state index >= 15 is 0 Å². The SMILES string of the molecule is CCCCOC(=O)c1ccc(NC(=O)c2ccc(C)c(NC3=C(Cl)C(=O)N(c4ccc(Cl)cc4)C3=O)c2)cc1. The molecule has 0 spiro atoms. The van der Waals surface area contributed by atoms with Crippen LogP contribution in [-0.2, 0) is 14.3 Å². The summed E-state index contributed by atoms with van der Waals surface area (Å²) < 4.78 is 5.20. The summed E-state index contributed by atoms with van der Waals surface area (Å²) in [6, 6.07) is 17.5. The van der Waals surface area contributed by atoms with Gasteiger partial charge in [0, 0.05) is 22.0 Å². The number of esters is 1. The van der Waals surface area contributed by atoms with Gasteiger partial charge in [0.2, 0.25) is 0 Å². The van der Waals surface area contributed by atoms with Crippen molar-refractivity contribution in [1.29, 1.82) is 0 Å². The second-order valence-electron chi connectivity index (χ2n) is 8.79. The van der Waals surface area contributed by atoms with Crippen molar-refractivity contribution in [1.82, 2.24) is 0 Å². The van der Waals surface area contributed by atoms with Crippen molar-refractivity contribution in [3.8, 4) is 0 Å². The van der Waals surface area contributed by atoms with Crippen LogP contribution in [0.25, 0.3) is 0 Å². The number of benzene rings is 3. The lowest BCUT2D eigenvalue weighted by molar-refractivity contribution is -0.120. The van der Waals surface area contributed by atoms with E-state index in [1.165, 1.54) is 0 Å². The van der Waals surface area contributed by atoms with Gasteiger partial charge in [0.25, 0.3) is 17.7 Å². The van der Waals surface area contributed by atoms with Crippen LogP contribution in [-0.4, -0.2) is 30.3 Å². The number of aryl methyl sites for hydroxylation is 1. The van der Waals surface area contributed by atoms with Gasteiger partial charge in [0.05, 0.1) is 17.9 Å². The van der Waals surface area contributed by atoms with Crippen molar-refractivity contribution in [2.24, 2.45) is 0 Å². The zero-order valence-electron chi connectivity index (χ0n) is 21.2. The van der Waals surface area contributed by atoms with Crippen molar-refractivity contribution in [3.05, 3.63) is 99.2 Å². The number of imide groups is 1. The Morgan fingerprint density at radius 2 is 1.56 bits per heavy atom. The van der Waals surface area contributed by atoms with Crippen LogP contribution < -0.4 is 15.5 Å². The number of hydrogen-bond donors (Lipinski definition) is 2. The average Bonchev–Trinajstić information content (AvgIpc) is 3.13. The van der Waals surface area contributed by atoms with Crippen LogP contribution in [0, 0.1) is 6.92 Å². The second kappa shape index (κ2) is 12.1. The molecule has 0 radical (unpaired) electrons. The molecule has 3 aromatic carbocycles. The lowest BCUT2D eigenvalue weighted by Gasteiger charge is -2.16. The third-order valence-corrected chi connectivity index (χ3v) is 6.58. The number of ether oxygens (including phenoxy) is 1. The van der Waals surface area contributed by atoms with E-state index in [4.69, 9.17) is 27.9 Å². The largest absolute Gasteiger partial charge is 0.462 e. The average molecular weight is 566 g/mol. The van der Waals surface area contributed by atoms with Crippen LogP contribution in [0.15, 0.2) is 77.5 Å². The lowest BCUT2D eigenvalue weighted by atomic mass is 10.1. The number of halogens is 2. The third-order valence-electron chi connectivity index (χ3n) is 5.98. The van der Waals surface area contributed by atoms with Crippen molar-refractivity contribution >= 4 is 64.0 Å². The number of anilines is 3. The number of nitrogens with one attached hydrogen (secondary N) is 2. The first kappa shape index (κ1) is 27.9. The topological polar surface area (TPSA) is 105 Å². The van der Waals surface area contributed by atoms with E-state index in [0.29, 0.717) is 39.8 Å². The Kier molecular flexibility index (Phi) is 8.69. The van der Waals surface area contributed by atoms with E-state index in [1.54, 1.807) is 73.7 Å². The minimum atomic E-state index is -0.671. The maximum atomic E-state index is 13.1. The molecule has 39 heavy (non-hydrogen) atoms. The minimum absolute atomic E-state index is 0.0984. The molecule has 200 valence electrons. The van der Waals surface area contributed by atoms with Crippen LogP contribution in [0.5, 0.6) is 0 Å². The highest BCUT2D eigenvalue weighted by molar-refractivity contribution is 6.53. The summed E-state index contributed by atoms with van der Waals surface area (Å²) in [5.74, 6) is -2.13. The summed E-state index contributed by atoms with van der Waals surface area (Å²) in [5.41, 5.74) is 2.56. The second-order valence-corrected chi connectivity index (χ2v) is 9.60. The van der Waals surface area contributed by atoms with E-state index < -0.39 is 23.7 Å². The highest BCUT2D eigenvalue weighted by atomic mass is 35.5. The van der Waals surface area contributed by atoms with Crippen LogP contribution >= 0.6 is 23.2 Å². The van der Waals surface area contributed by atoms with E-state index in [0.717, 1.165) is 23.3 Å². The van der Waals surface area contributed by atoms with Crippen LogP contribution in [0.1, 0.15) is 46.0 Å². The van der Waals surface area contributed by atoms with Crippen molar-refractivity contribution < 1.29 is 23.9 Å². The maximum Gasteiger partial charge on any atom is 0.338 e. The fourth-order valence-corrected chi connectivity index (χ4v) is 4.09. The first-order valence-electron chi connectivity index (χ1n) is 12.2. The molecule has 0 aromatic heterocycles. The summed E-state index contributed by atoms with van der Waals surface area (Å²) in [6.45, 7) is 4.16. The van der Waals surface area contributed by atoms with Gasteiger partial charge in [0.15, 0.2) is 0 Å². The first-order chi connectivity index (χ1) is 18.7. The van der Waals surface area contributed by atoms with Gasteiger partial charge in [-0.3, -0.25) is 14.4 Å². The van der Waals surface area contributed by atoms with Gasteiger partial charge in [-0.15, -0.1) is 0 Å². The molecule has 0 fully saturated rings. The smallest absolute Gasteiger partial charge is 0.338 e. The van der Waals surface area contributed by atoms with Gasteiger partial charge >= 0.3 is 5.97 Å². The molecule has 3 aromatic rings. The Hall–Kier alpha value is -4.14. The molecule has 10 heteroatoms. The predicted molar refractivity (Wildman–Crippen MR) is 151 cm³/mol. The molecule has 1 aliphatic heterocycles. The van der Waals surface area contributed by atoms with Gasteiger partial charge in [-0.2, -0.15) is 0 Å². The van der Waals surface area contributed by atoms with Crippen LogP contribution in [0.2, 0.25) is 5.02 Å². The molecule has 3 amide bonds. The Labute approximate surface area is 235 Å². The number of nitrogens with zero attached hydrogens (tertiary/aromatic N) is 1. The molecular formula is C29H25Cl2N3O5. The standard InChI is InChI=1S/C29H25Cl2N3O5/c1-3-4-15-39-29(38)18-7-11-21(12-8-18)32-26(35)19-6-5-17(2)23(16-19)33-25-24(31)27(36)34(28(25)37)22-13-9-20(30)10-14-22/h5-14,16,33H,3-4,15H2,1-2H3,(H,32,35). The fraction of sp³-hybridized carbons (Fsp3) is 0.172. The predicted octanol–water partition coefficient (Wildman–Crippen LogP) is 6.29. The zero-order valence-corrected chi connectivity index (χ0v) is 22.7. The molecule has 4 rings (SSSR count). The molecule has 0 bridgehead atoms. The Balaban J connectivity index is 1.47. The molecule has 0 unspecified atom stereocenters. The molecule has 0 saturated heterocycles. The number of unbranched alkanes of at least 4 members (excludes halogenated alkanes) is 1. The number of amides is 3. The van der Waals surface area contributed by atoms with Crippen molar-refractivity contribution in [2.75, 3.05) is 22.1 Å². The van der Waals surface area contributed by atoms with E-state index in [1.807, 2.05) is 6.92 Å². The van der Waals surface area contributed by atoms with E-state index in [9.17, 15) is 19.2 Å². The van der Waals surface area contributed by atoms with Gasteiger partial charge in [0.1, 0.15) is 10.7 Å². The molecule has 0 atom stereocenters. The molecule has 1 aliphatic rings. The number of rotatable bonds is 9. The zero-order chi connectivity index (χ0) is 28.1. The van der Waals surface area contributed by atoms with Gasteiger partial charge < -0.3 is 15.4 Å². The Bertz CT molecular complexity index is 1470. The summed E-state index contributed by atoms with van der Waals surface area (Å²) in [5, 5.41) is 5.90. The van der Waals surface area contributed by atoms with Crippen molar-refractivity contribution in [3.63, 3.8) is 0 Å². The quantitative estimate of drug-likeness (QED) is 0.179. The lowest BCUT2D eigenvalue weighted by Crippen LogP contribution is -2.32. The van der Waals surface area contributed by atoms with Gasteiger partial charge in [-0.1, -0.05) is 42.6 Å². The van der Waals surface area contributed by atoms with Gasteiger partial charge in [-0.05, 0) is 79.6 Å². The Morgan fingerprint density at radius 1 is 0.897 bits per heavy atom. The molecule has 0 aliphatic carbocycles. The molecule has 1 heterocycles. The summed E-state index contributed by atoms with van der Waals surface area (Å²) in [6.07, 6.45) is 1.72. The van der Waals surface area contributed by atoms with E-state index in [2.05, 4.69) is 10.6 Å². The third kappa shape index (κ3) is 6.30. The number of hydrogen-bond acceptors (Lipinski definition) is 6. The molecular weight excluding hydrogens is 541 g/mol. The molecule has 2 N–H and O–H groups in total. The number of carbonyl (C=O) groups is 4. The van der Waals surface area contributed by atoms with Crippen LogP contribution in [0.3, 0.4) is 0 Å². The highest BCUT2D eigenvalue weighted by Crippen LogP contribution is 2.31.